The zero-order valence-corrected chi connectivity index (χ0v) is 12.9. The van der Waals surface area contributed by atoms with Crippen LogP contribution in [-0.2, 0) is 6.54 Å². The molecule has 2 heterocycles. The van der Waals surface area contributed by atoms with Crippen LogP contribution in [0.2, 0.25) is 0 Å². The van der Waals surface area contributed by atoms with Gasteiger partial charge in [-0.15, -0.1) is 11.3 Å². The van der Waals surface area contributed by atoms with E-state index in [4.69, 9.17) is 4.74 Å². The molecule has 0 fully saturated rings. The summed E-state index contributed by atoms with van der Waals surface area (Å²) >= 11 is 1.57. The number of nitrogens with zero attached hydrogens (tertiary/aromatic N) is 2. The number of para-hydroxylation sites is 1. The van der Waals surface area contributed by atoms with Gasteiger partial charge in [0.25, 0.3) is 5.91 Å². The maximum absolute atomic E-state index is 12.7. The number of hydrogen-bond acceptors (Lipinski definition) is 5. The average molecular weight is 303 g/mol. The minimum atomic E-state index is -0.0386. The van der Waals surface area contributed by atoms with E-state index in [1.165, 1.54) is 0 Å². The Balaban J connectivity index is 1.83. The summed E-state index contributed by atoms with van der Waals surface area (Å²) in [6, 6.07) is 5.61. The van der Waals surface area contributed by atoms with Crippen molar-refractivity contribution in [2.24, 2.45) is 0 Å². The Morgan fingerprint density at radius 1 is 1.52 bits per heavy atom. The third-order valence-electron chi connectivity index (χ3n) is 3.48. The van der Waals surface area contributed by atoms with Gasteiger partial charge in [0, 0.05) is 18.5 Å². The summed E-state index contributed by atoms with van der Waals surface area (Å²) in [5, 5.41) is 3.25. The lowest BCUT2D eigenvalue weighted by Gasteiger charge is -2.23. The first-order valence-corrected chi connectivity index (χ1v) is 7.69. The Kier molecular flexibility index (Phi) is 3.79. The SMILES string of the molecule is Cc1ncsc1CN(C)C(=O)c1cccc2c1OCCN2. The van der Waals surface area contributed by atoms with Crippen LogP contribution in [0.25, 0.3) is 0 Å². The molecule has 0 unspecified atom stereocenters. The second kappa shape index (κ2) is 5.73. The van der Waals surface area contributed by atoms with Crippen LogP contribution in [0.4, 0.5) is 5.69 Å². The number of fused-ring (bicyclic) bond motifs is 1. The molecular weight excluding hydrogens is 286 g/mol. The number of benzene rings is 1. The van der Waals surface area contributed by atoms with E-state index < -0.39 is 0 Å². The van der Waals surface area contributed by atoms with Crippen LogP contribution < -0.4 is 10.1 Å². The number of hydrogen-bond donors (Lipinski definition) is 1. The van der Waals surface area contributed by atoms with E-state index >= 15 is 0 Å². The largest absolute Gasteiger partial charge is 0.489 e. The van der Waals surface area contributed by atoms with E-state index in [0.29, 0.717) is 24.5 Å². The molecule has 0 radical (unpaired) electrons. The highest BCUT2D eigenvalue weighted by molar-refractivity contribution is 7.09. The fourth-order valence-electron chi connectivity index (χ4n) is 2.31. The lowest BCUT2D eigenvalue weighted by Crippen LogP contribution is -2.28. The molecule has 110 valence electrons. The zero-order valence-electron chi connectivity index (χ0n) is 12.0. The third kappa shape index (κ3) is 2.71. The number of thiazole rings is 1. The quantitative estimate of drug-likeness (QED) is 0.946. The topological polar surface area (TPSA) is 54.5 Å². The lowest BCUT2D eigenvalue weighted by molar-refractivity contribution is 0.0781. The van der Waals surface area contributed by atoms with Gasteiger partial charge in [-0.25, -0.2) is 4.98 Å². The van der Waals surface area contributed by atoms with E-state index in [1.54, 1.807) is 28.8 Å². The predicted molar refractivity (Wildman–Crippen MR) is 83.1 cm³/mol. The summed E-state index contributed by atoms with van der Waals surface area (Å²) in [7, 11) is 1.80. The third-order valence-corrected chi connectivity index (χ3v) is 4.40. The van der Waals surface area contributed by atoms with Crippen molar-refractivity contribution >= 4 is 22.9 Å². The Labute approximate surface area is 127 Å². The molecule has 6 heteroatoms. The number of carbonyl (C=O) groups excluding carboxylic acids is 1. The molecule has 21 heavy (non-hydrogen) atoms. The summed E-state index contributed by atoms with van der Waals surface area (Å²) in [5.74, 6) is 0.616. The van der Waals surface area contributed by atoms with Gasteiger partial charge in [0.15, 0.2) is 5.75 Å². The van der Waals surface area contributed by atoms with Gasteiger partial charge in [-0.1, -0.05) is 6.07 Å². The van der Waals surface area contributed by atoms with Crippen LogP contribution in [0.1, 0.15) is 20.9 Å². The summed E-state index contributed by atoms with van der Waals surface area (Å²) in [6.45, 7) is 3.86. The van der Waals surface area contributed by atoms with Crippen LogP contribution in [0.3, 0.4) is 0 Å². The number of ether oxygens (including phenoxy) is 1. The van der Waals surface area contributed by atoms with Gasteiger partial charge in [-0.05, 0) is 19.1 Å². The van der Waals surface area contributed by atoms with Crippen LogP contribution >= 0.6 is 11.3 Å². The van der Waals surface area contributed by atoms with Crippen LogP contribution in [-0.4, -0.2) is 36.0 Å². The second-order valence-electron chi connectivity index (χ2n) is 4.98. The predicted octanol–water partition coefficient (Wildman–Crippen LogP) is 2.53. The van der Waals surface area contributed by atoms with E-state index in [9.17, 15) is 4.79 Å². The molecule has 3 rings (SSSR count). The van der Waals surface area contributed by atoms with Crippen molar-refractivity contribution in [1.82, 2.24) is 9.88 Å². The molecule has 2 aromatic rings. The monoisotopic (exact) mass is 303 g/mol. The van der Waals surface area contributed by atoms with Crippen molar-refractivity contribution in [3.8, 4) is 5.75 Å². The lowest BCUT2D eigenvalue weighted by atomic mass is 10.1. The molecule has 5 nitrogen and oxygen atoms in total. The van der Waals surface area contributed by atoms with Crippen molar-refractivity contribution in [1.29, 1.82) is 0 Å². The zero-order chi connectivity index (χ0) is 14.8. The molecule has 0 saturated heterocycles. The molecule has 1 N–H and O–H groups in total. The van der Waals surface area contributed by atoms with Gasteiger partial charge >= 0.3 is 0 Å². The van der Waals surface area contributed by atoms with Crippen LogP contribution in [0, 0.1) is 6.92 Å². The van der Waals surface area contributed by atoms with Gasteiger partial charge < -0.3 is 15.0 Å². The standard InChI is InChI=1S/C15H17N3O2S/c1-10-13(21-9-17-10)8-18(2)15(19)11-4-3-5-12-14(11)20-7-6-16-12/h3-5,9,16H,6-8H2,1-2H3. The van der Waals surface area contributed by atoms with E-state index in [1.807, 2.05) is 25.1 Å². The Hall–Kier alpha value is -2.08. The number of anilines is 1. The van der Waals surface area contributed by atoms with Gasteiger partial charge in [0.05, 0.1) is 29.0 Å². The molecule has 1 aliphatic heterocycles. The molecule has 0 atom stereocenters. The minimum Gasteiger partial charge on any atom is -0.489 e. The number of carbonyl (C=O) groups is 1. The average Bonchev–Trinajstić information content (AvgIpc) is 2.91. The molecule has 1 aromatic heterocycles. The molecule has 0 aliphatic carbocycles. The summed E-state index contributed by atoms with van der Waals surface area (Å²) < 4.78 is 5.67. The minimum absolute atomic E-state index is 0.0386. The first kappa shape index (κ1) is 13.9. The fraction of sp³-hybridized carbons (Fsp3) is 0.333. The van der Waals surface area contributed by atoms with Gasteiger partial charge in [0.2, 0.25) is 0 Å². The summed E-state index contributed by atoms with van der Waals surface area (Å²) in [6.07, 6.45) is 0. The van der Waals surface area contributed by atoms with E-state index in [-0.39, 0.29) is 5.91 Å². The van der Waals surface area contributed by atoms with E-state index in [0.717, 1.165) is 22.8 Å². The molecule has 0 spiro atoms. The number of aromatic nitrogens is 1. The maximum atomic E-state index is 12.7. The van der Waals surface area contributed by atoms with Gasteiger partial charge in [-0.2, -0.15) is 0 Å². The molecule has 1 aromatic carbocycles. The fourth-order valence-corrected chi connectivity index (χ4v) is 3.14. The van der Waals surface area contributed by atoms with Crippen molar-refractivity contribution in [3.63, 3.8) is 0 Å². The van der Waals surface area contributed by atoms with Crippen molar-refractivity contribution < 1.29 is 9.53 Å². The highest BCUT2D eigenvalue weighted by Gasteiger charge is 2.22. The van der Waals surface area contributed by atoms with Gasteiger partial charge in [0.1, 0.15) is 6.61 Å². The Morgan fingerprint density at radius 3 is 3.14 bits per heavy atom. The molecule has 1 amide bonds. The first-order valence-electron chi connectivity index (χ1n) is 6.81. The number of nitrogens with one attached hydrogen (secondary N) is 1. The smallest absolute Gasteiger partial charge is 0.257 e. The number of amides is 1. The number of aryl methyl sites for hydroxylation is 1. The van der Waals surface area contributed by atoms with Crippen molar-refractivity contribution in [3.05, 3.63) is 39.8 Å². The molecule has 0 bridgehead atoms. The molecule has 1 aliphatic rings. The maximum Gasteiger partial charge on any atom is 0.257 e. The van der Waals surface area contributed by atoms with Gasteiger partial charge in [-0.3, -0.25) is 4.79 Å². The van der Waals surface area contributed by atoms with Crippen LogP contribution in [0.5, 0.6) is 5.75 Å². The first-order chi connectivity index (χ1) is 10.2. The summed E-state index contributed by atoms with van der Waals surface area (Å²) in [5.41, 5.74) is 4.27. The van der Waals surface area contributed by atoms with Crippen molar-refractivity contribution in [2.75, 3.05) is 25.5 Å². The van der Waals surface area contributed by atoms with Crippen molar-refractivity contribution in [2.45, 2.75) is 13.5 Å². The highest BCUT2D eigenvalue weighted by Crippen LogP contribution is 2.32. The Morgan fingerprint density at radius 2 is 2.38 bits per heavy atom. The Bertz CT molecular complexity index is 669. The number of rotatable bonds is 3. The summed E-state index contributed by atoms with van der Waals surface area (Å²) in [4.78, 5) is 19.7. The normalized spacial score (nSPS) is 13.0. The molecule has 0 saturated carbocycles. The van der Waals surface area contributed by atoms with E-state index in [2.05, 4.69) is 10.3 Å². The molecular formula is C15H17N3O2S. The van der Waals surface area contributed by atoms with Crippen LogP contribution in [0.15, 0.2) is 23.7 Å². The second-order valence-corrected chi connectivity index (χ2v) is 5.92. The highest BCUT2D eigenvalue weighted by atomic mass is 32.1.